The van der Waals surface area contributed by atoms with Crippen LogP contribution in [0.3, 0.4) is 0 Å². The van der Waals surface area contributed by atoms with Gasteiger partial charge in [-0.15, -0.1) is 0 Å². The van der Waals surface area contributed by atoms with Gasteiger partial charge in [-0.3, -0.25) is 4.90 Å². The lowest BCUT2D eigenvalue weighted by Crippen LogP contribution is -2.45. The van der Waals surface area contributed by atoms with E-state index in [1.807, 2.05) is 25.1 Å². The molecule has 1 aromatic rings. The van der Waals surface area contributed by atoms with Crippen molar-refractivity contribution in [3.05, 3.63) is 29.3 Å². The minimum Gasteiger partial charge on any atom is -0.496 e. The number of hydrogen-bond acceptors (Lipinski definition) is 4. The largest absolute Gasteiger partial charge is 0.496 e. The molecule has 1 atom stereocenters. The van der Waals surface area contributed by atoms with Gasteiger partial charge in [0.15, 0.2) is 0 Å². The van der Waals surface area contributed by atoms with Crippen molar-refractivity contribution in [1.29, 1.82) is 0 Å². The van der Waals surface area contributed by atoms with E-state index >= 15 is 0 Å². The van der Waals surface area contributed by atoms with E-state index < -0.39 is 5.60 Å². The second kappa shape index (κ2) is 6.95. The molecule has 1 fully saturated rings. The van der Waals surface area contributed by atoms with E-state index in [9.17, 15) is 5.11 Å². The van der Waals surface area contributed by atoms with E-state index in [2.05, 4.69) is 16.7 Å². The quantitative estimate of drug-likeness (QED) is 0.824. The average Bonchev–Trinajstić information content (AvgIpc) is 2.44. The molecule has 1 aromatic carbocycles. The molecule has 4 heteroatoms. The Morgan fingerprint density at radius 1 is 1.48 bits per heavy atom. The van der Waals surface area contributed by atoms with Crippen LogP contribution < -0.4 is 10.5 Å². The second-order valence-corrected chi connectivity index (χ2v) is 5.84. The highest BCUT2D eigenvalue weighted by atomic mass is 16.5. The summed E-state index contributed by atoms with van der Waals surface area (Å²) in [5.74, 6) is 6.78. The lowest BCUT2D eigenvalue weighted by Gasteiger charge is -2.37. The van der Waals surface area contributed by atoms with Gasteiger partial charge in [0.1, 0.15) is 5.75 Å². The Morgan fingerprint density at radius 2 is 2.29 bits per heavy atom. The molecule has 0 radical (unpaired) electrons. The molecule has 1 aliphatic heterocycles. The number of nitrogens with two attached hydrogens (primary N) is 1. The third-order valence-corrected chi connectivity index (χ3v) is 3.76. The number of ether oxygens (including phenoxy) is 1. The van der Waals surface area contributed by atoms with Crippen LogP contribution in [0.1, 0.15) is 30.9 Å². The van der Waals surface area contributed by atoms with Crippen molar-refractivity contribution >= 4 is 0 Å². The summed E-state index contributed by atoms with van der Waals surface area (Å²) in [6, 6.07) is 5.93. The molecule has 1 aliphatic rings. The molecule has 21 heavy (non-hydrogen) atoms. The highest BCUT2D eigenvalue weighted by Crippen LogP contribution is 2.26. The van der Waals surface area contributed by atoms with E-state index in [4.69, 9.17) is 10.5 Å². The van der Waals surface area contributed by atoms with Crippen LogP contribution in [0.25, 0.3) is 0 Å². The van der Waals surface area contributed by atoms with Gasteiger partial charge in [-0.2, -0.15) is 0 Å². The van der Waals surface area contributed by atoms with Gasteiger partial charge in [0.05, 0.1) is 19.3 Å². The topological polar surface area (TPSA) is 58.7 Å². The molecule has 1 heterocycles. The van der Waals surface area contributed by atoms with Crippen LogP contribution in [0.4, 0.5) is 0 Å². The Kier molecular flexibility index (Phi) is 5.24. The smallest absolute Gasteiger partial charge is 0.123 e. The molecule has 0 aromatic heterocycles. The Morgan fingerprint density at radius 3 is 2.95 bits per heavy atom. The number of β-amino-alcohol motifs (C(OH)–C–C–N with tert-alkyl or cyclic N) is 1. The summed E-state index contributed by atoms with van der Waals surface area (Å²) in [6.07, 6.45) is 1.88. The Bertz CT molecular complexity index is 543. The molecule has 0 spiro atoms. The van der Waals surface area contributed by atoms with E-state index in [1.165, 1.54) is 0 Å². The lowest BCUT2D eigenvalue weighted by atomic mass is 9.94. The number of benzene rings is 1. The second-order valence-electron chi connectivity index (χ2n) is 5.84. The van der Waals surface area contributed by atoms with E-state index in [0.29, 0.717) is 13.1 Å². The summed E-state index contributed by atoms with van der Waals surface area (Å²) in [5, 5.41) is 10.2. The van der Waals surface area contributed by atoms with Gasteiger partial charge < -0.3 is 15.6 Å². The van der Waals surface area contributed by atoms with Crippen LogP contribution in [-0.2, 0) is 6.54 Å². The van der Waals surface area contributed by atoms with Crippen LogP contribution in [0.15, 0.2) is 18.2 Å². The summed E-state index contributed by atoms with van der Waals surface area (Å²) in [5.41, 5.74) is 6.86. The van der Waals surface area contributed by atoms with Crippen LogP contribution in [-0.4, -0.2) is 42.4 Å². The van der Waals surface area contributed by atoms with Crippen molar-refractivity contribution in [2.75, 3.05) is 26.7 Å². The zero-order chi connectivity index (χ0) is 15.3. The minimum atomic E-state index is -0.595. The zero-order valence-electron chi connectivity index (χ0n) is 12.9. The maximum absolute atomic E-state index is 10.2. The first kappa shape index (κ1) is 15.8. The van der Waals surface area contributed by atoms with Gasteiger partial charge in [-0.1, -0.05) is 11.8 Å². The molecule has 2 rings (SSSR count). The van der Waals surface area contributed by atoms with Crippen LogP contribution in [0.2, 0.25) is 0 Å². The first-order chi connectivity index (χ1) is 10.0. The van der Waals surface area contributed by atoms with Gasteiger partial charge in [-0.25, -0.2) is 0 Å². The van der Waals surface area contributed by atoms with Crippen LogP contribution in [0.5, 0.6) is 5.75 Å². The van der Waals surface area contributed by atoms with E-state index in [0.717, 1.165) is 42.8 Å². The average molecular weight is 288 g/mol. The van der Waals surface area contributed by atoms with Gasteiger partial charge in [0.2, 0.25) is 0 Å². The van der Waals surface area contributed by atoms with Crippen molar-refractivity contribution in [2.24, 2.45) is 5.73 Å². The molecule has 114 valence electrons. The summed E-state index contributed by atoms with van der Waals surface area (Å²) in [4.78, 5) is 2.27. The molecular weight excluding hydrogens is 264 g/mol. The minimum absolute atomic E-state index is 0.357. The van der Waals surface area contributed by atoms with Crippen molar-refractivity contribution < 1.29 is 9.84 Å². The molecule has 0 bridgehead atoms. The van der Waals surface area contributed by atoms with Crippen molar-refractivity contribution in [1.82, 2.24) is 4.90 Å². The fourth-order valence-electron chi connectivity index (χ4n) is 2.83. The fraction of sp³-hybridized carbons (Fsp3) is 0.529. The molecule has 0 amide bonds. The predicted molar refractivity (Wildman–Crippen MR) is 84.1 cm³/mol. The number of rotatable bonds is 3. The van der Waals surface area contributed by atoms with Gasteiger partial charge in [0.25, 0.3) is 0 Å². The van der Waals surface area contributed by atoms with Gasteiger partial charge >= 0.3 is 0 Å². The fourth-order valence-corrected chi connectivity index (χ4v) is 2.83. The van der Waals surface area contributed by atoms with Crippen LogP contribution in [0, 0.1) is 11.8 Å². The zero-order valence-corrected chi connectivity index (χ0v) is 12.9. The monoisotopic (exact) mass is 288 g/mol. The lowest BCUT2D eigenvalue weighted by molar-refractivity contribution is -0.0183. The third kappa shape index (κ3) is 4.47. The van der Waals surface area contributed by atoms with E-state index in [-0.39, 0.29) is 0 Å². The molecule has 4 nitrogen and oxygen atoms in total. The summed E-state index contributed by atoms with van der Waals surface area (Å²) < 4.78 is 5.44. The molecule has 0 aliphatic carbocycles. The van der Waals surface area contributed by atoms with Crippen molar-refractivity contribution in [2.45, 2.75) is 31.9 Å². The maximum Gasteiger partial charge on any atom is 0.123 e. The highest BCUT2D eigenvalue weighted by Gasteiger charge is 2.28. The van der Waals surface area contributed by atoms with Crippen molar-refractivity contribution in [3.8, 4) is 17.6 Å². The molecule has 3 N–H and O–H groups in total. The third-order valence-electron chi connectivity index (χ3n) is 3.76. The Balaban J connectivity index is 2.17. The molecular formula is C17H24N2O2. The number of methoxy groups -OCH3 is 1. The maximum atomic E-state index is 10.2. The number of likely N-dealkylation sites (tertiary alicyclic amines) is 1. The number of aliphatic hydroxyl groups is 1. The number of nitrogens with zero attached hydrogens (tertiary/aromatic N) is 1. The predicted octanol–water partition coefficient (Wildman–Crippen LogP) is 1.35. The van der Waals surface area contributed by atoms with E-state index in [1.54, 1.807) is 7.11 Å². The SMILES string of the molecule is COc1ccc(C#CCN)cc1CN1CCCC(C)(O)C1. The number of piperidine rings is 1. The summed E-state index contributed by atoms with van der Waals surface area (Å²) >= 11 is 0. The highest BCUT2D eigenvalue weighted by molar-refractivity contribution is 5.44. The Hall–Kier alpha value is -1.54. The normalized spacial score (nSPS) is 22.5. The standard InChI is InChI=1S/C17H24N2O2/c1-17(20)8-4-10-19(13-17)12-15-11-14(5-3-9-18)6-7-16(15)21-2/h6-7,11,20H,4,8-10,12-13,18H2,1-2H3. The molecule has 0 saturated carbocycles. The first-order valence-corrected chi connectivity index (χ1v) is 7.35. The molecule has 1 saturated heterocycles. The van der Waals surface area contributed by atoms with Gasteiger partial charge in [0, 0.05) is 24.2 Å². The summed E-state index contributed by atoms with van der Waals surface area (Å²) in [6.45, 7) is 4.71. The van der Waals surface area contributed by atoms with Gasteiger partial charge in [-0.05, 0) is 44.5 Å². The molecule has 1 unspecified atom stereocenters. The van der Waals surface area contributed by atoms with Crippen molar-refractivity contribution in [3.63, 3.8) is 0 Å². The number of hydrogen-bond donors (Lipinski definition) is 2. The summed E-state index contributed by atoms with van der Waals surface area (Å²) in [7, 11) is 1.68. The van der Waals surface area contributed by atoms with Crippen LogP contribution >= 0.6 is 0 Å². The first-order valence-electron chi connectivity index (χ1n) is 7.35. The Labute approximate surface area is 126 Å².